The van der Waals surface area contributed by atoms with Crippen molar-refractivity contribution in [3.63, 3.8) is 0 Å². The molecule has 1 aliphatic rings. The highest BCUT2D eigenvalue weighted by Crippen LogP contribution is 2.50. The summed E-state index contributed by atoms with van der Waals surface area (Å²) in [5, 5.41) is 0. The number of benzene rings is 1. The normalized spacial score (nSPS) is 25.2. The molecule has 0 aliphatic heterocycles. The molecule has 1 aromatic rings. The molecule has 2 unspecified atom stereocenters. The molecule has 4 nitrogen and oxygen atoms in total. The second-order valence-electron chi connectivity index (χ2n) is 6.65. The van der Waals surface area contributed by atoms with Crippen molar-refractivity contribution in [3.05, 3.63) is 35.9 Å². The molecule has 1 amide bonds. The number of halogens is 1. The van der Waals surface area contributed by atoms with Crippen molar-refractivity contribution in [2.24, 2.45) is 11.1 Å². The molecule has 1 saturated carbocycles. The first-order chi connectivity index (χ1) is 10.4. The highest BCUT2D eigenvalue weighted by Gasteiger charge is 2.63. The molecular formula is C18H29ClN2O2. The van der Waals surface area contributed by atoms with Gasteiger partial charge in [0.15, 0.2) is 0 Å². The van der Waals surface area contributed by atoms with Crippen LogP contribution in [0.15, 0.2) is 30.3 Å². The van der Waals surface area contributed by atoms with Crippen molar-refractivity contribution in [1.82, 2.24) is 4.90 Å². The van der Waals surface area contributed by atoms with E-state index in [1.54, 1.807) is 0 Å². The predicted molar refractivity (Wildman–Crippen MR) is 95.5 cm³/mol. The van der Waals surface area contributed by atoms with E-state index >= 15 is 0 Å². The lowest BCUT2D eigenvalue weighted by Gasteiger charge is -2.58. The van der Waals surface area contributed by atoms with E-state index in [9.17, 15) is 4.79 Å². The molecule has 1 aliphatic carbocycles. The van der Waals surface area contributed by atoms with Crippen molar-refractivity contribution in [2.75, 3.05) is 13.2 Å². The minimum atomic E-state index is -0.836. The van der Waals surface area contributed by atoms with Gasteiger partial charge in [0.05, 0.1) is 6.10 Å². The highest BCUT2D eigenvalue weighted by atomic mass is 35.5. The molecule has 0 bridgehead atoms. The van der Waals surface area contributed by atoms with Gasteiger partial charge in [0, 0.05) is 31.5 Å². The molecule has 0 spiro atoms. The van der Waals surface area contributed by atoms with Crippen molar-refractivity contribution >= 4 is 18.3 Å². The van der Waals surface area contributed by atoms with E-state index in [0.717, 1.165) is 5.56 Å². The summed E-state index contributed by atoms with van der Waals surface area (Å²) < 4.78 is 5.72. The van der Waals surface area contributed by atoms with Crippen molar-refractivity contribution in [3.8, 4) is 0 Å². The maximum Gasteiger partial charge on any atom is 0.243 e. The molecule has 2 rings (SSSR count). The summed E-state index contributed by atoms with van der Waals surface area (Å²) in [6.07, 6.45) is 0.652. The number of carbonyl (C=O) groups is 1. The second-order valence-corrected chi connectivity index (χ2v) is 6.65. The smallest absolute Gasteiger partial charge is 0.243 e. The van der Waals surface area contributed by atoms with E-state index < -0.39 is 5.54 Å². The van der Waals surface area contributed by atoms with Gasteiger partial charge < -0.3 is 15.4 Å². The SMILES string of the molecule is CCOC1CC(N)(C(=O)N(CC)Cc2ccccc2)C1(C)C.Cl. The van der Waals surface area contributed by atoms with Crippen LogP contribution in [0.2, 0.25) is 0 Å². The zero-order valence-corrected chi connectivity index (χ0v) is 15.4. The molecule has 0 radical (unpaired) electrons. The maximum absolute atomic E-state index is 13.0. The van der Waals surface area contributed by atoms with Crippen LogP contribution in [0.1, 0.15) is 39.7 Å². The van der Waals surface area contributed by atoms with E-state index in [1.165, 1.54) is 0 Å². The minimum Gasteiger partial charge on any atom is -0.378 e. The largest absolute Gasteiger partial charge is 0.378 e. The Morgan fingerprint density at radius 2 is 1.91 bits per heavy atom. The van der Waals surface area contributed by atoms with Crippen LogP contribution in [0.25, 0.3) is 0 Å². The van der Waals surface area contributed by atoms with Crippen LogP contribution in [0.5, 0.6) is 0 Å². The molecule has 1 aromatic carbocycles. The van der Waals surface area contributed by atoms with Gasteiger partial charge in [-0.25, -0.2) is 0 Å². The van der Waals surface area contributed by atoms with Crippen LogP contribution in [0, 0.1) is 5.41 Å². The number of ether oxygens (including phenoxy) is 1. The van der Waals surface area contributed by atoms with E-state index in [0.29, 0.717) is 26.1 Å². The predicted octanol–water partition coefficient (Wildman–Crippen LogP) is 2.99. The van der Waals surface area contributed by atoms with Crippen LogP contribution in [-0.2, 0) is 16.1 Å². The second kappa shape index (κ2) is 7.65. The Kier molecular flexibility index (Phi) is 6.63. The third kappa shape index (κ3) is 3.54. The lowest BCUT2D eigenvalue weighted by atomic mass is 9.54. The lowest BCUT2D eigenvalue weighted by molar-refractivity contribution is -0.179. The average Bonchev–Trinajstić information content (AvgIpc) is 2.52. The third-order valence-electron chi connectivity index (χ3n) is 5.10. The van der Waals surface area contributed by atoms with Gasteiger partial charge in [0.25, 0.3) is 0 Å². The van der Waals surface area contributed by atoms with Gasteiger partial charge in [-0.1, -0.05) is 44.2 Å². The number of nitrogens with zero attached hydrogens (tertiary/aromatic N) is 1. The molecule has 0 aromatic heterocycles. The van der Waals surface area contributed by atoms with Gasteiger partial charge >= 0.3 is 0 Å². The van der Waals surface area contributed by atoms with Crippen LogP contribution >= 0.6 is 12.4 Å². The van der Waals surface area contributed by atoms with Crippen LogP contribution in [0.3, 0.4) is 0 Å². The first kappa shape index (κ1) is 19.9. The Morgan fingerprint density at radius 1 is 1.30 bits per heavy atom. The fraction of sp³-hybridized carbons (Fsp3) is 0.611. The molecule has 0 saturated heterocycles. The van der Waals surface area contributed by atoms with Gasteiger partial charge in [-0.15, -0.1) is 12.4 Å². The van der Waals surface area contributed by atoms with Gasteiger partial charge in [-0.3, -0.25) is 4.79 Å². The summed E-state index contributed by atoms with van der Waals surface area (Å²) in [6, 6.07) is 10.0. The fourth-order valence-electron chi connectivity index (χ4n) is 3.21. The summed E-state index contributed by atoms with van der Waals surface area (Å²) in [6.45, 7) is 9.95. The molecule has 2 N–H and O–H groups in total. The standard InChI is InChI=1S/C18H28N2O2.ClH/c1-5-20(13-14-10-8-7-9-11-14)16(21)18(19)12-15(22-6-2)17(18,3)4;/h7-11,15H,5-6,12-13,19H2,1-4H3;1H. The Labute approximate surface area is 145 Å². The zero-order chi connectivity index (χ0) is 16.4. The van der Waals surface area contributed by atoms with Crippen LogP contribution < -0.4 is 5.73 Å². The van der Waals surface area contributed by atoms with Gasteiger partial charge in [-0.05, 0) is 19.4 Å². The van der Waals surface area contributed by atoms with E-state index in [1.807, 2.05) is 62.9 Å². The Balaban J connectivity index is 0.00000264. The number of carbonyl (C=O) groups excluding carboxylic acids is 1. The van der Waals surface area contributed by atoms with Crippen LogP contribution in [-0.4, -0.2) is 35.6 Å². The Morgan fingerprint density at radius 3 is 2.39 bits per heavy atom. The molecule has 130 valence electrons. The summed E-state index contributed by atoms with van der Waals surface area (Å²) >= 11 is 0. The quantitative estimate of drug-likeness (QED) is 0.866. The molecule has 23 heavy (non-hydrogen) atoms. The molecular weight excluding hydrogens is 312 g/mol. The monoisotopic (exact) mass is 340 g/mol. The summed E-state index contributed by atoms with van der Waals surface area (Å²) in [5.41, 5.74) is 6.45. The first-order valence-electron chi connectivity index (χ1n) is 8.10. The van der Waals surface area contributed by atoms with Gasteiger partial charge in [-0.2, -0.15) is 0 Å². The number of rotatable bonds is 6. The van der Waals surface area contributed by atoms with E-state index in [2.05, 4.69) is 0 Å². The number of nitrogens with two attached hydrogens (primary N) is 1. The Bertz CT molecular complexity index is 521. The summed E-state index contributed by atoms with van der Waals surface area (Å²) in [7, 11) is 0. The van der Waals surface area contributed by atoms with Crippen molar-refractivity contribution in [2.45, 2.75) is 52.3 Å². The number of amides is 1. The Hall–Kier alpha value is -1.10. The van der Waals surface area contributed by atoms with E-state index in [4.69, 9.17) is 10.5 Å². The maximum atomic E-state index is 13.0. The molecule has 0 heterocycles. The summed E-state index contributed by atoms with van der Waals surface area (Å²) in [4.78, 5) is 14.8. The van der Waals surface area contributed by atoms with Crippen LogP contribution in [0.4, 0.5) is 0 Å². The molecule has 1 fully saturated rings. The van der Waals surface area contributed by atoms with Crippen molar-refractivity contribution in [1.29, 1.82) is 0 Å². The third-order valence-corrected chi connectivity index (χ3v) is 5.10. The minimum absolute atomic E-state index is 0. The lowest BCUT2D eigenvalue weighted by Crippen LogP contribution is -2.76. The average molecular weight is 341 g/mol. The molecule has 2 atom stereocenters. The fourth-order valence-corrected chi connectivity index (χ4v) is 3.21. The summed E-state index contributed by atoms with van der Waals surface area (Å²) in [5.74, 6) is 0.0276. The number of likely N-dealkylation sites (N-methyl/N-ethyl adjacent to an activating group) is 1. The highest BCUT2D eigenvalue weighted by molar-refractivity contribution is 5.89. The zero-order valence-electron chi connectivity index (χ0n) is 14.5. The van der Waals surface area contributed by atoms with Gasteiger partial charge in [0.2, 0.25) is 5.91 Å². The number of hydrogen-bond donors (Lipinski definition) is 1. The number of hydrogen-bond acceptors (Lipinski definition) is 3. The first-order valence-corrected chi connectivity index (χ1v) is 8.10. The van der Waals surface area contributed by atoms with E-state index in [-0.39, 0.29) is 29.8 Å². The molecule has 5 heteroatoms. The topological polar surface area (TPSA) is 55.6 Å². The van der Waals surface area contributed by atoms with Crippen molar-refractivity contribution < 1.29 is 9.53 Å². The van der Waals surface area contributed by atoms with Gasteiger partial charge in [0.1, 0.15) is 5.54 Å².